The lowest BCUT2D eigenvalue weighted by molar-refractivity contribution is 0.0649. The summed E-state index contributed by atoms with van der Waals surface area (Å²) in [4.78, 5) is 45.0. The van der Waals surface area contributed by atoms with Gasteiger partial charge in [-0.1, -0.05) is 26.5 Å². The molecule has 1 atom stereocenters. The third kappa shape index (κ3) is 3.27. The molecule has 3 aliphatic heterocycles. The second kappa shape index (κ2) is 8.38. The first-order valence-electron chi connectivity index (χ1n) is 13.1. The Balaban J connectivity index is 1.86. The molecule has 38 heavy (non-hydrogen) atoms. The molecular weight excluding hydrogens is 474 g/mol. The van der Waals surface area contributed by atoms with Gasteiger partial charge in [-0.05, 0) is 74.1 Å². The molecule has 0 fully saturated rings. The van der Waals surface area contributed by atoms with Crippen molar-refractivity contribution in [3.05, 3.63) is 75.4 Å². The van der Waals surface area contributed by atoms with Crippen LogP contribution in [0.1, 0.15) is 93.3 Å². The number of imide groups is 1. The molecule has 0 spiro atoms. The van der Waals surface area contributed by atoms with Gasteiger partial charge in [0.25, 0.3) is 11.8 Å². The molecule has 0 aliphatic carbocycles. The Bertz CT molecular complexity index is 1800. The Kier molecular flexibility index (Phi) is 5.31. The van der Waals surface area contributed by atoms with E-state index < -0.39 is 0 Å². The number of aryl methyl sites for hydroxylation is 2. The molecule has 0 unspecified atom stereocenters. The number of rotatable bonds is 2. The Morgan fingerprint density at radius 3 is 2.37 bits per heavy atom. The summed E-state index contributed by atoms with van der Waals surface area (Å²) >= 11 is 0. The number of amides is 2. The lowest BCUT2D eigenvalue weighted by Crippen LogP contribution is -2.37. The number of nitrogens with zero attached hydrogens (tertiary/aromatic N) is 3. The van der Waals surface area contributed by atoms with Crippen LogP contribution >= 0.6 is 0 Å². The van der Waals surface area contributed by atoms with E-state index in [9.17, 15) is 9.59 Å². The highest BCUT2D eigenvalue weighted by Gasteiger charge is 2.36. The zero-order valence-electron chi connectivity index (χ0n) is 22.7. The van der Waals surface area contributed by atoms with Gasteiger partial charge in [-0.15, -0.1) is 0 Å². The van der Waals surface area contributed by atoms with Gasteiger partial charge in [-0.3, -0.25) is 19.5 Å². The zero-order chi connectivity index (χ0) is 27.0. The molecule has 0 saturated carbocycles. The number of H-pyrrole nitrogens is 2. The van der Waals surface area contributed by atoms with Gasteiger partial charge in [0, 0.05) is 40.8 Å². The highest BCUT2D eigenvalue weighted by molar-refractivity contribution is 6.23. The van der Waals surface area contributed by atoms with Gasteiger partial charge in [0.15, 0.2) is 0 Å². The summed E-state index contributed by atoms with van der Waals surface area (Å²) in [6.07, 6.45) is 3.31. The van der Waals surface area contributed by atoms with Crippen molar-refractivity contribution in [2.45, 2.75) is 53.4 Å². The molecule has 0 saturated heterocycles. The van der Waals surface area contributed by atoms with Crippen molar-refractivity contribution < 1.29 is 9.59 Å². The fourth-order valence-electron chi connectivity index (χ4n) is 5.98. The van der Waals surface area contributed by atoms with Crippen molar-refractivity contribution in [3.63, 3.8) is 0 Å². The van der Waals surface area contributed by atoms with E-state index in [0.29, 0.717) is 28.8 Å². The molecule has 3 aromatic heterocycles. The Morgan fingerprint density at radius 2 is 1.66 bits per heavy atom. The van der Waals surface area contributed by atoms with Gasteiger partial charge >= 0.3 is 0 Å². The Morgan fingerprint density at radius 1 is 0.974 bits per heavy atom. The minimum atomic E-state index is -0.329. The molecular formula is C31H31N5O2. The monoisotopic (exact) mass is 505 g/mol. The lowest BCUT2D eigenvalue weighted by Gasteiger charge is -2.21. The Hall–Kier alpha value is -4.26. The van der Waals surface area contributed by atoms with Crippen LogP contribution in [0.3, 0.4) is 0 Å². The maximum Gasteiger partial charge on any atom is 0.264 e. The first-order valence-corrected chi connectivity index (χ1v) is 13.1. The first kappa shape index (κ1) is 24.1. The van der Waals surface area contributed by atoms with Crippen molar-refractivity contribution in [1.29, 1.82) is 0 Å². The van der Waals surface area contributed by atoms with Crippen LogP contribution in [0.2, 0.25) is 0 Å². The zero-order valence-corrected chi connectivity index (χ0v) is 22.7. The van der Waals surface area contributed by atoms with E-state index >= 15 is 0 Å². The van der Waals surface area contributed by atoms with Crippen LogP contribution in [0.15, 0.2) is 24.8 Å². The van der Waals surface area contributed by atoms with Crippen molar-refractivity contribution in [3.8, 4) is 0 Å². The van der Waals surface area contributed by atoms with Crippen LogP contribution in [0.4, 0.5) is 0 Å². The molecule has 6 rings (SSSR count). The van der Waals surface area contributed by atoms with E-state index in [2.05, 4.69) is 56.4 Å². The number of nitrogens with one attached hydrogen (secondary N) is 2. The topological polar surface area (TPSA) is 94.7 Å². The van der Waals surface area contributed by atoms with Crippen LogP contribution in [0, 0.1) is 13.8 Å². The van der Waals surface area contributed by atoms with E-state index in [4.69, 9.17) is 9.97 Å². The molecule has 3 aromatic rings. The fraction of sp³-hybridized carbons (Fsp3) is 0.290. The van der Waals surface area contributed by atoms with E-state index in [-0.39, 0.29) is 17.7 Å². The van der Waals surface area contributed by atoms with Crippen LogP contribution < -0.4 is 0 Å². The van der Waals surface area contributed by atoms with Crippen molar-refractivity contribution in [2.75, 3.05) is 7.05 Å². The average molecular weight is 506 g/mol. The molecule has 3 aliphatic rings. The van der Waals surface area contributed by atoms with Crippen LogP contribution in [-0.2, 0) is 6.42 Å². The number of hydrogen-bond donors (Lipinski definition) is 2. The Labute approximate surface area is 221 Å². The van der Waals surface area contributed by atoms with E-state index in [1.807, 2.05) is 19.1 Å². The number of carbonyl (C=O) groups excluding carboxylic acids is 2. The molecule has 0 aromatic carbocycles. The highest BCUT2D eigenvalue weighted by Crippen LogP contribution is 2.37. The second-order valence-corrected chi connectivity index (χ2v) is 10.5. The minimum Gasteiger partial charge on any atom is -0.355 e. The number of allylic oxidation sites excluding steroid dienone is 2. The standard InChI is InChI=1S/C31H31N5O2/c1-8-18-15(4)21-11-20-14(3)10-26(32-20)28-29-27(30(37)36(7)31(28)38)17(6)23(35-29)13-25-19(9-2)16(5)22(34-25)12-24(18)33-21/h8,11-14,33,35H,1,9-10H2,2-7H3/t14-/m0/s1. The van der Waals surface area contributed by atoms with Gasteiger partial charge in [-0.2, -0.15) is 0 Å². The van der Waals surface area contributed by atoms with Gasteiger partial charge < -0.3 is 9.97 Å². The molecule has 2 amide bonds. The van der Waals surface area contributed by atoms with Gasteiger partial charge in [0.05, 0.1) is 33.7 Å². The molecule has 8 bridgehead atoms. The maximum absolute atomic E-state index is 13.5. The number of aromatic nitrogens is 4. The van der Waals surface area contributed by atoms with Crippen molar-refractivity contribution in [1.82, 2.24) is 24.8 Å². The molecule has 7 nitrogen and oxygen atoms in total. The summed E-state index contributed by atoms with van der Waals surface area (Å²) in [5, 5.41) is 0. The van der Waals surface area contributed by atoms with Gasteiger partial charge in [0.2, 0.25) is 0 Å². The summed E-state index contributed by atoms with van der Waals surface area (Å²) in [6, 6.07) is 6.16. The normalized spacial score (nSPS) is 17.0. The maximum atomic E-state index is 13.5. The molecule has 2 N–H and O–H groups in total. The minimum absolute atomic E-state index is 0.116. The van der Waals surface area contributed by atoms with Gasteiger partial charge in [-0.25, -0.2) is 4.98 Å². The van der Waals surface area contributed by atoms with Crippen molar-refractivity contribution >= 4 is 51.1 Å². The van der Waals surface area contributed by atoms with Crippen LogP contribution in [-0.4, -0.2) is 43.7 Å². The first-order chi connectivity index (χ1) is 18.1. The number of carbonyl (C=O) groups is 2. The predicted octanol–water partition coefficient (Wildman–Crippen LogP) is 6.49. The average Bonchev–Trinajstić information content (AvgIpc) is 3.57. The van der Waals surface area contributed by atoms with Crippen LogP contribution in [0.5, 0.6) is 0 Å². The number of hydrogen-bond acceptors (Lipinski definition) is 4. The SMILES string of the molecule is C=Cc1c(C)c2cc3nc(c4c5[nH]c(cc6nc(cc1[nH]2)C(C)=C6CC)c(C)c5C(=O)N(C)C4=O)C[C@@H]3C. The van der Waals surface area contributed by atoms with E-state index in [1.54, 1.807) is 7.05 Å². The third-order valence-electron chi connectivity index (χ3n) is 8.30. The summed E-state index contributed by atoms with van der Waals surface area (Å²) in [5.74, 6) is -0.514. The van der Waals surface area contributed by atoms with E-state index in [1.165, 1.54) is 4.90 Å². The summed E-state index contributed by atoms with van der Waals surface area (Å²) in [5.41, 5.74) is 12.8. The highest BCUT2D eigenvalue weighted by atomic mass is 16.2. The summed E-state index contributed by atoms with van der Waals surface area (Å²) in [7, 11) is 1.54. The van der Waals surface area contributed by atoms with Crippen LogP contribution in [0.25, 0.3) is 39.3 Å². The third-order valence-corrected chi connectivity index (χ3v) is 8.30. The number of fused-ring (bicyclic) bond motifs is 8. The van der Waals surface area contributed by atoms with Gasteiger partial charge in [0.1, 0.15) is 0 Å². The summed E-state index contributed by atoms with van der Waals surface area (Å²) < 4.78 is 0. The molecule has 6 heterocycles. The lowest BCUT2D eigenvalue weighted by atomic mass is 9.97. The summed E-state index contributed by atoms with van der Waals surface area (Å²) in [6.45, 7) is 14.4. The van der Waals surface area contributed by atoms with Crippen molar-refractivity contribution in [2.24, 2.45) is 0 Å². The molecule has 0 radical (unpaired) electrons. The quantitative estimate of drug-likeness (QED) is 0.389. The molecule has 192 valence electrons. The largest absolute Gasteiger partial charge is 0.355 e. The second-order valence-electron chi connectivity index (χ2n) is 10.5. The number of aromatic amines is 2. The smallest absolute Gasteiger partial charge is 0.264 e. The van der Waals surface area contributed by atoms with E-state index in [0.717, 1.165) is 67.9 Å². The fourth-order valence-corrected chi connectivity index (χ4v) is 5.98. The molecule has 7 heteroatoms. The predicted molar refractivity (Wildman–Crippen MR) is 152 cm³/mol.